The van der Waals surface area contributed by atoms with Crippen LogP contribution in [0.4, 0.5) is 10.5 Å². The molecule has 1 atom stereocenters. The number of ether oxygens (including phenoxy) is 2. The third-order valence-electron chi connectivity index (χ3n) is 4.15. The number of urea groups is 1. The average molecular weight is 341 g/mol. The zero-order chi connectivity index (χ0) is 17.6. The van der Waals surface area contributed by atoms with Crippen LogP contribution in [0, 0.1) is 0 Å². The van der Waals surface area contributed by atoms with Crippen molar-refractivity contribution in [1.29, 1.82) is 0 Å². The monoisotopic (exact) mass is 341 g/mol. The van der Waals surface area contributed by atoms with E-state index in [1.54, 1.807) is 12.0 Å². The minimum Gasteiger partial charge on any atom is -0.497 e. The van der Waals surface area contributed by atoms with Gasteiger partial charge >= 0.3 is 6.03 Å². The van der Waals surface area contributed by atoms with E-state index in [0.717, 1.165) is 36.6 Å². The van der Waals surface area contributed by atoms with E-state index >= 15 is 0 Å². The number of carbonyl (C=O) groups excluding carboxylic acids is 1. The molecule has 0 saturated carbocycles. The molecule has 1 aliphatic heterocycles. The molecule has 25 heavy (non-hydrogen) atoms. The Balaban J connectivity index is 1.57. The summed E-state index contributed by atoms with van der Waals surface area (Å²) in [5.74, 6) is 2.20. The highest BCUT2D eigenvalue weighted by Crippen LogP contribution is 2.25. The van der Waals surface area contributed by atoms with Gasteiger partial charge in [0, 0.05) is 24.8 Å². The van der Waals surface area contributed by atoms with Crippen LogP contribution in [-0.2, 0) is 0 Å². The second-order valence-electron chi connectivity index (χ2n) is 6.08. The third-order valence-corrected chi connectivity index (χ3v) is 4.15. The predicted octanol–water partition coefficient (Wildman–Crippen LogP) is 3.44. The average Bonchev–Trinajstić information content (AvgIpc) is 2.64. The molecule has 0 radical (unpaired) electrons. The lowest BCUT2D eigenvalue weighted by atomic mass is 10.1. The van der Waals surface area contributed by atoms with Crippen LogP contribution in [0.1, 0.15) is 12.8 Å². The second-order valence-corrected chi connectivity index (χ2v) is 6.08. The van der Waals surface area contributed by atoms with Gasteiger partial charge < -0.3 is 25.4 Å². The summed E-state index contributed by atoms with van der Waals surface area (Å²) in [5, 5.41) is 2.90. The fraction of sp³-hybridized carbons (Fsp3) is 0.316. The molecule has 1 fully saturated rings. The molecule has 2 aromatic rings. The lowest BCUT2D eigenvalue weighted by Gasteiger charge is -2.30. The number of amides is 2. The highest BCUT2D eigenvalue weighted by molar-refractivity contribution is 5.89. The first-order valence-corrected chi connectivity index (χ1v) is 8.37. The Morgan fingerprint density at radius 3 is 2.28 bits per heavy atom. The quantitative estimate of drug-likeness (QED) is 0.893. The predicted molar refractivity (Wildman–Crippen MR) is 97.3 cm³/mol. The number of nitrogens with two attached hydrogens (primary N) is 1. The van der Waals surface area contributed by atoms with Crippen LogP contribution < -0.4 is 20.5 Å². The minimum atomic E-state index is -0.112. The summed E-state index contributed by atoms with van der Waals surface area (Å²) in [5.41, 5.74) is 6.65. The van der Waals surface area contributed by atoms with Gasteiger partial charge in [0.15, 0.2) is 0 Å². The zero-order valence-electron chi connectivity index (χ0n) is 14.3. The topological polar surface area (TPSA) is 76.8 Å². The first-order valence-electron chi connectivity index (χ1n) is 8.37. The van der Waals surface area contributed by atoms with Gasteiger partial charge in [-0.25, -0.2) is 4.79 Å². The van der Waals surface area contributed by atoms with Gasteiger partial charge in [-0.15, -0.1) is 0 Å². The van der Waals surface area contributed by atoms with E-state index in [2.05, 4.69) is 5.32 Å². The minimum absolute atomic E-state index is 0.0692. The van der Waals surface area contributed by atoms with Crippen molar-refractivity contribution in [2.24, 2.45) is 5.73 Å². The number of carbonyl (C=O) groups is 1. The number of anilines is 1. The summed E-state index contributed by atoms with van der Waals surface area (Å²) in [6.07, 6.45) is 1.92. The third kappa shape index (κ3) is 4.64. The largest absolute Gasteiger partial charge is 0.497 e. The molecule has 6 heteroatoms. The van der Waals surface area contributed by atoms with Crippen LogP contribution >= 0.6 is 0 Å². The van der Waals surface area contributed by atoms with Crippen molar-refractivity contribution in [3.63, 3.8) is 0 Å². The molecule has 1 aliphatic rings. The number of rotatable bonds is 4. The number of nitrogens with one attached hydrogen (secondary N) is 1. The first-order chi connectivity index (χ1) is 12.1. The Kier molecular flexibility index (Phi) is 5.40. The number of methoxy groups -OCH3 is 1. The van der Waals surface area contributed by atoms with E-state index in [0.29, 0.717) is 12.3 Å². The standard InChI is InChI=1S/C19H23N3O3/c1-24-16-8-10-18(11-9-16)25-17-6-4-15(5-7-17)21-19(23)22-12-2-3-14(20)13-22/h4-11,14H,2-3,12-13,20H2,1H3,(H,21,23). The number of benzene rings is 2. The maximum absolute atomic E-state index is 12.3. The van der Waals surface area contributed by atoms with E-state index in [1.165, 1.54) is 0 Å². The number of hydrogen-bond donors (Lipinski definition) is 2. The molecule has 1 heterocycles. The molecular weight excluding hydrogens is 318 g/mol. The molecule has 0 aliphatic carbocycles. The van der Waals surface area contributed by atoms with Crippen LogP contribution in [0.5, 0.6) is 17.2 Å². The van der Waals surface area contributed by atoms with Crippen LogP contribution in [0.2, 0.25) is 0 Å². The van der Waals surface area contributed by atoms with Crippen molar-refractivity contribution < 1.29 is 14.3 Å². The normalized spacial score (nSPS) is 17.0. The molecular formula is C19H23N3O3. The Morgan fingerprint density at radius 1 is 1.08 bits per heavy atom. The van der Waals surface area contributed by atoms with Gasteiger partial charge in [0.05, 0.1) is 7.11 Å². The highest BCUT2D eigenvalue weighted by Gasteiger charge is 2.21. The van der Waals surface area contributed by atoms with Crippen LogP contribution in [0.15, 0.2) is 48.5 Å². The van der Waals surface area contributed by atoms with Gasteiger partial charge in [-0.3, -0.25) is 0 Å². The summed E-state index contributed by atoms with van der Waals surface area (Å²) >= 11 is 0. The molecule has 132 valence electrons. The van der Waals surface area contributed by atoms with Gasteiger partial charge in [0.2, 0.25) is 0 Å². The smallest absolute Gasteiger partial charge is 0.321 e. The molecule has 2 aromatic carbocycles. The van der Waals surface area contributed by atoms with Crippen molar-refractivity contribution in [2.75, 3.05) is 25.5 Å². The van der Waals surface area contributed by atoms with E-state index in [9.17, 15) is 4.79 Å². The van der Waals surface area contributed by atoms with Crippen molar-refractivity contribution in [1.82, 2.24) is 4.90 Å². The van der Waals surface area contributed by atoms with E-state index in [1.807, 2.05) is 48.5 Å². The lowest BCUT2D eigenvalue weighted by Crippen LogP contribution is -2.47. The van der Waals surface area contributed by atoms with Gasteiger partial charge in [-0.05, 0) is 61.4 Å². The van der Waals surface area contributed by atoms with Crippen LogP contribution in [-0.4, -0.2) is 37.2 Å². The fourth-order valence-electron chi connectivity index (χ4n) is 2.78. The molecule has 0 spiro atoms. The van der Waals surface area contributed by atoms with Crippen molar-refractivity contribution in [3.05, 3.63) is 48.5 Å². The molecule has 1 unspecified atom stereocenters. The maximum atomic E-state index is 12.3. The van der Waals surface area contributed by atoms with Gasteiger partial charge in [-0.2, -0.15) is 0 Å². The summed E-state index contributed by atoms with van der Waals surface area (Å²) in [4.78, 5) is 14.0. The molecule has 2 amide bonds. The number of piperidine rings is 1. The molecule has 0 bridgehead atoms. The summed E-state index contributed by atoms with van der Waals surface area (Å²) in [6, 6.07) is 14.6. The van der Waals surface area contributed by atoms with Crippen molar-refractivity contribution in [3.8, 4) is 17.2 Å². The number of nitrogens with zero attached hydrogens (tertiary/aromatic N) is 1. The summed E-state index contributed by atoms with van der Waals surface area (Å²) in [6.45, 7) is 1.35. The van der Waals surface area contributed by atoms with Gasteiger partial charge in [0.25, 0.3) is 0 Å². The highest BCUT2D eigenvalue weighted by atomic mass is 16.5. The SMILES string of the molecule is COc1ccc(Oc2ccc(NC(=O)N3CCCC(N)C3)cc2)cc1. The van der Waals surface area contributed by atoms with Crippen molar-refractivity contribution in [2.45, 2.75) is 18.9 Å². The molecule has 3 N–H and O–H groups in total. The first kappa shape index (κ1) is 17.1. The van der Waals surface area contributed by atoms with Gasteiger partial charge in [0.1, 0.15) is 17.2 Å². The fourth-order valence-corrected chi connectivity index (χ4v) is 2.78. The maximum Gasteiger partial charge on any atom is 0.321 e. The Bertz CT molecular complexity index is 701. The summed E-state index contributed by atoms with van der Waals surface area (Å²) < 4.78 is 10.9. The van der Waals surface area contributed by atoms with E-state index < -0.39 is 0 Å². The Labute approximate surface area is 147 Å². The molecule has 3 rings (SSSR count). The number of likely N-dealkylation sites (tertiary alicyclic amines) is 1. The van der Waals surface area contributed by atoms with Crippen LogP contribution in [0.25, 0.3) is 0 Å². The lowest BCUT2D eigenvalue weighted by molar-refractivity contribution is 0.193. The van der Waals surface area contributed by atoms with E-state index in [4.69, 9.17) is 15.2 Å². The van der Waals surface area contributed by atoms with Gasteiger partial charge in [-0.1, -0.05) is 0 Å². The van der Waals surface area contributed by atoms with Crippen LogP contribution in [0.3, 0.4) is 0 Å². The molecule has 1 saturated heterocycles. The molecule has 6 nitrogen and oxygen atoms in total. The Morgan fingerprint density at radius 2 is 1.68 bits per heavy atom. The molecule has 0 aromatic heterocycles. The second kappa shape index (κ2) is 7.90. The Hall–Kier alpha value is -2.73. The summed E-state index contributed by atoms with van der Waals surface area (Å²) in [7, 11) is 1.63. The number of hydrogen-bond acceptors (Lipinski definition) is 4. The van der Waals surface area contributed by atoms with Crippen molar-refractivity contribution >= 4 is 11.7 Å². The zero-order valence-corrected chi connectivity index (χ0v) is 14.3. The van der Waals surface area contributed by atoms with E-state index in [-0.39, 0.29) is 12.1 Å².